The predicted octanol–water partition coefficient (Wildman–Crippen LogP) is 2.90. The first-order valence-electron chi connectivity index (χ1n) is 7.43. The summed E-state index contributed by atoms with van der Waals surface area (Å²) >= 11 is 0. The van der Waals surface area contributed by atoms with Crippen LogP contribution in [0.1, 0.15) is 31.3 Å². The van der Waals surface area contributed by atoms with E-state index in [2.05, 4.69) is 48.9 Å². The number of nitrogens with one attached hydrogen (secondary N) is 1. The highest BCUT2D eigenvalue weighted by Crippen LogP contribution is 2.29. The first-order chi connectivity index (χ1) is 9.65. The van der Waals surface area contributed by atoms with Crippen LogP contribution in [0.4, 0.5) is 0 Å². The lowest BCUT2D eigenvalue weighted by molar-refractivity contribution is 0.00372. The van der Waals surface area contributed by atoms with Crippen molar-refractivity contribution in [3.63, 3.8) is 0 Å². The summed E-state index contributed by atoms with van der Waals surface area (Å²) in [6.45, 7) is 10.3. The number of hydrogen-bond donors (Lipinski definition) is 1. The van der Waals surface area contributed by atoms with Crippen LogP contribution in [0.15, 0.2) is 18.2 Å². The Labute approximate surface area is 120 Å². The van der Waals surface area contributed by atoms with Gasteiger partial charge in [0.05, 0.1) is 30.3 Å². The van der Waals surface area contributed by atoms with E-state index in [4.69, 9.17) is 9.72 Å². The average Bonchev–Trinajstić information content (AvgIpc) is 2.82. The number of rotatable bonds is 3. The van der Waals surface area contributed by atoms with Crippen LogP contribution < -0.4 is 0 Å². The Morgan fingerprint density at radius 2 is 2.00 bits per heavy atom. The SMILES string of the molecule is Cc1ccc2nc(C(C(C)C)N3CCOCC3)[nH]c2c1. The lowest BCUT2D eigenvalue weighted by Crippen LogP contribution is -2.41. The van der Waals surface area contributed by atoms with Crippen molar-refractivity contribution in [1.29, 1.82) is 0 Å². The molecule has 2 heterocycles. The van der Waals surface area contributed by atoms with Gasteiger partial charge < -0.3 is 9.72 Å². The highest BCUT2D eigenvalue weighted by Gasteiger charge is 2.27. The Morgan fingerprint density at radius 3 is 2.70 bits per heavy atom. The molecule has 1 unspecified atom stereocenters. The van der Waals surface area contributed by atoms with Gasteiger partial charge in [0.1, 0.15) is 5.82 Å². The minimum atomic E-state index is 0.339. The second-order valence-electron chi connectivity index (χ2n) is 5.98. The molecule has 3 rings (SSSR count). The van der Waals surface area contributed by atoms with Gasteiger partial charge >= 0.3 is 0 Å². The number of ether oxygens (including phenoxy) is 1. The summed E-state index contributed by atoms with van der Waals surface area (Å²) in [5.74, 6) is 1.61. The van der Waals surface area contributed by atoms with Gasteiger partial charge in [-0.3, -0.25) is 4.90 Å². The second-order valence-corrected chi connectivity index (χ2v) is 5.98. The molecule has 0 aliphatic carbocycles. The number of aromatic amines is 1. The Balaban J connectivity index is 1.96. The van der Waals surface area contributed by atoms with Crippen molar-refractivity contribution in [1.82, 2.24) is 14.9 Å². The number of aryl methyl sites for hydroxylation is 1. The standard InChI is InChI=1S/C16H23N3O/c1-11(2)15(19-6-8-20-9-7-19)16-17-13-5-4-12(3)10-14(13)18-16/h4-5,10-11,15H,6-9H2,1-3H3,(H,17,18). The van der Waals surface area contributed by atoms with Crippen LogP contribution in [0.25, 0.3) is 11.0 Å². The lowest BCUT2D eigenvalue weighted by Gasteiger charge is -2.35. The van der Waals surface area contributed by atoms with Gasteiger partial charge in [-0.05, 0) is 30.5 Å². The first-order valence-corrected chi connectivity index (χ1v) is 7.43. The zero-order chi connectivity index (χ0) is 14.1. The Bertz CT molecular complexity index is 584. The number of fused-ring (bicyclic) bond motifs is 1. The van der Waals surface area contributed by atoms with Gasteiger partial charge in [-0.15, -0.1) is 0 Å². The van der Waals surface area contributed by atoms with E-state index in [1.807, 2.05) is 0 Å². The van der Waals surface area contributed by atoms with E-state index in [9.17, 15) is 0 Å². The smallest absolute Gasteiger partial charge is 0.124 e. The van der Waals surface area contributed by atoms with Crippen LogP contribution in [0.5, 0.6) is 0 Å². The molecule has 1 N–H and O–H groups in total. The van der Waals surface area contributed by atoms with E-state index < -0.39 is 0 Å². The van der Waals surface area contributed by atoms with Gasteiger partial charge in [0.15, 0.2) is 0 Å². The van der Waals surface area contributed by atoms with E-state index in [1.54, 1.807) is 0 Å². The van der Waals surface area contributed by atoms with Crippen molar-refractivity contribution in [3.8, 4) is 0 Å². The molecule has 4 nitrogen and oxygen atoms in total. The van der Waals surface area contributed by atoms with Crippen LogP contribution in [-0.4, -0.2) is 41.2 Å². The molecular weight excluding hydrogens is 250 g/mol. The quantitative estimate of drug-likeness (QED) is 0.935. The minimum absolute atomic E-state index is 0.339. The number of H-pyrrole nitrogens is 1. The summed E-state index contributed by atoms with van der Waals surface area (Å²) in [6, 6.07) is 6.72. The Morgan fingerprint density at radius 1 is 1.25 bits per heavy atom. The number of hydrogen-bond acceptors (Lipinski definition) is 3. The third-order valence-corrected chi connectivity index (χ3v) is 4.01. The molecule has 0 saturated carbocycles. The molecule has 0 bridgehead atoms. The zero-order valence-electron chi connectivity index (χ0n) is 12.5. The highest BCUT2D eigenvalue weighted by molar-refractivity contribution is 5.75. The van der Waals surface area contributed by atoms with Crippen LogP contribution >= 0.6 is 0 Å². The van der Waals surface area contributed by atoms with Crippen molar-refractivity contribution < 1.29 is 4.74 Å². The van der Waals surface area contributed by atoms with Gasteiger partial charge in [0, 0.05) is 13.1 Å². The van der Waals surface area contributed by atoms with E-state index in [0.29, 0.717) is 12.0 Å². The number of aromatic nitrogens is 2. The molecule has 1 fully saturated rings. The first kappa shape index (κ1) is 13.6. The summed E-state index contributed by atoms with van der Waals surface area (Å²) in [5, 5.41) is 0. The van der Waals surface area contributed by atoms with Gasteiger partial charge in [-0.1, -0.05) is 19.9 Å². The van der Waals surface area contributed by atoms with E-state index in [-0.39, 0.29) is 0 Å². The molecule has 1 aromatic carbocycles. The van der Waals surface area contributed by atoms with Crippen LogP contribution in [0.3, 0.4) is 0 Å². The molecule has 2 aromatic rings. The monoisotopic (exact) mass is 273 g/mol. The fraction of sp³-hybridized carbons (Fsp3) is 0.562. The highest BCUT2D eigenvalue weighted by atomic mass is 16.5. The number of morpholine rings is 1. The van der Waals surface area contributed by atoms with Crippen LogP contribution in [0.2, 0.25) is 0 Å². The fourth-order valence-corrected chi connectivity index (χ4v) is 3.05. The summed E-state index contributed by atoms with van der Waals surface area (Å²) in [6.07, 6.45) is 0. The topological polar surface area (TPSA) is 41.2 Å². The lowest BCUT2D eigenvalue weighted by atomic mass is 10.0. The summed E-state index contributed by atoms with van der Waals surface area (Å²) < 4.78 is 5.47. The molecule has 20 heavy (non-hydrogen) atoms. The summed E-state index contributed by atoms with van der Waals surface area (Å²) in [5.41, 5.74) is 3.46. The summed E-state index contributed by atoms with van der Waals surface area (Å²) in [4.78, 5) is 10.8. The van der Waals surface area contributed by atoms with Gasteiger partial charge in [0.2, 0.25) is 0 Å². The number of benzene rings is 1. The van der Waals surface area contributed by atoms with E-state index in [1.165, 1.54) is 5.56 Å². The molecule has 4 heteroatoms. The third-order valence-electron chi connectivity index (χ3n) is 4.01. The molecule has 1 saturated heterocycles. The van der Waals surface area contributed by atoms with Crippen LogP contribution in [-0.2, 0) is 4.74 Å². The van der Waals surface area contributed by atoms with Crippen molar-refractivity contribution in [2.75, 3.05) is 26.3 Å². The van der Waals surface area contributed by atoms with E-state index in [0.717, 1.165) is 43.2 Å². The van der Waals surface area contributed by atoms with E-state index >= 15 is 0 Å². The van der Waals surface area contributed by atoms with Crippen molar-refractivity contribution in [2.45, 2.75) is 26.8 Å². The van der Waals surface area contributed by atoms with Crippen molar-refractivity contribution >= 4 is 11.0 Å². The maximum Gasteiger partial charge on any atom is 0.124 e. The molecule has 1 aliphatic rings. The molecule has 0 spiro atoms. The molecule has 1 aromatic heterocycles. The molecule has 0 amide bonds. The predicted molar refractivity (Wildman–Crippen MR) is 80.8 cm³/mol. The van der Waals surface area contributed by atoms with Crippen molar-refractivity contribution in [3.05, 3.63) is 29.6 Å². The number of imidazole rings is 1. The van der Waals surface area contributed by atoms with Crippen molar-refractivity contribution in [2.24, 2.45) is 5.92 Å². The summed E-state index contributed by atoms with van der Waals surface area (Å²) in [7, 11) is 0. The molecule has 108 valence electrons. The minimum Gasteiger partial charge on any atom is -0.379 e. The number of nitrogens with zero attached hydrogens (tertiary/aromatic N) is 2. The second kappa shape index (κ2) is 5.54. The maximum absolute atomic E-state index is 5.47. The molecule has 1 aliphatic heterocycles. The molecule has 0 radical (unpaired) electrons. The third kappa shape index (κ3) is 2.58. The van der Waals surface area contributed by atoms with Gasteiger partial charge in [0.25, 0.3) is 0 Å². The average molecular weight is 273 g/mol. The molecule has 1 atom stereocenters. The van der Waals surface area contributed by atoms with Gasteiger partial charge in [-0.2, -0.15) is 0 Å². The maximum atomic E-state index is 5.47. The van der Waals surface area contributed by atoms with Gasteiger partial charge in [-0.25, -0.2) is 4.98 Å². The molecular formula is C16H23N3O. The largest absolute Gasteiger partial charge is 0.379 e. The van der Waals surface area contributed by atoms with Crippen LogP contribution in [0, 0.1) is 12.8 Å². The Kier molecular flexibility index (Phi) is 3.76. The fourth-order valence-electron chi connectivity index (χ4n) is 3.05. The zero-order valence-corrected chi connectivity index (χ0v) is 12.5. The Hall–Kier alpha value is -1.39. The normalized spacial score (nSPS) is 18.8.